The Labute approximate surface area is 96.7 Å². The number of rotatable bonds is 2. The lowest BCUT2D eigenvalue weighted by molar-refractivity contribution is 0.788. The SMILES string of the molecule is Cc1cc([C@@H](C)N)cnc1SC(C)(C)C. The van der Waals surface area contributed by atoms with E-state index in [4.69, 9.17) is 5.73 Å². The summed E-state index contributed by atoms with van der Waals surface area (Å²) in [6.07, 6.45) is 1.88. The van der Waals surface area contributed by atoms with Crippen LogP contribution >= 0.6 is 11.8 Å². The first-order chi connectivity index (χ1) is 6.79. The number of aromatic nitrogens is 1. The molecule has 1 heterocycles. The van der Waals surface area contributed by atoms with Gasteiger partial charge >= 0.3 is 0 Å². The van der Waals surface area contributed by atoms with Gasteiger partial charge in [-0.2, -0.15) is 0 Å². The number of aryl methyl sites for hydroxylation is 1. The van der Waals surface area contributed by atoms with Crippen molar-refractivity contribution in [1.82, 2.24) is 4.98 Å². The van der Waals surface area contributed by atoms with Gasteiger partial charge in [0.15, 0.2) is 0 Å². The molecule has 1 rings (SSSR count). The summed E-state index contributed by atoms with van der Waals surface area (Å²) in [6, 6.07) is 2.19. The Kier molecular flexibility index (Phi) is 3.79. The normalized spacial score (nSPS) is 14.0. The molecule has 0 radical (unpaired) electrons. The highest BCUT2D eigenvalue weighted by Gasteiger charge is 2.15. The van der Waals surface area contributed by atoms with Gasteiger partial charge in [0, 0.05) is 17.0 Å². The Morgan fingerprint density at radius 3 is 2.40 bits per heavy atom. The molecular weight excluding hydrogens is 204 g/mol. The maximum absolute atomic E-state index is 5.81. The predicted octanol–water partition coefficient (Wildman–Crippen LogP) is 3.30. The smallest absolute Gasteiger partial charge is 0.0994 e. The maximum atomic E-state index is 5.81. The molecular formula is C12H20N2S. The Hall–Kier alpha value is -0.540. The van der Waals surface area contributed by atoms with Crippen molar-refractivity contribution in [2.24, 2.45) is 5.73 Å². The standard InChI is InChI=1S/C12H20N2S/c1-8-6-10(9(2)13)7-14-11(8)15-12(3,4)5/h6-7,9H,13H2,1-5H3/t9-/m1/s1. The van der Waals surface area contributed by atoms with Gasteiger partial charge < -0.3 is 5.73 Å². The Bertz CT molecular complexity index is 340. The lowest BCUT2D eigenvalue weighted by Crippen LogP contribution is -2.10. The summed E-state index contributed by atoms with van der Waals surface area (Å²) in [5, 5.41) is 1.10. The van der Waals surface area contributed by atoms with Gasteiger partial charge in [-0.15, -0.1) is 11.8 Å². The van der Waals surface area contributed by atoms with Crippen molar-refractivity contribution in [3.8, 4) is 0 Å². The van der Waals surface area contributed by atoms with Crippen LogP contribution in [-0.4, -0.2) is 9.73 Å². The molecule has 84 valence electrons. The lowest BCUT2D eigenvalue weighted by atomic mass is 10.1. The van der Waals surface area contributed by atoms with E-state index in [9.17, 15) is 0 Å². The van der Waals surface area contributed by atoms with Crippen molar-refractivity contribution < 1.29 is 0 Å². The van der Waals surface area contributed by atoms with Gasteiger partial charge in [0.2, 0.25) is 0 Å². The van der Waals surface area contributed by atoms with Gasteiger partial charge in [-0.25, -0.2) is 4.98 Å². The van der Waals surface area contributed by atoms with Crippen LogP contribution in [-0.2, 0) is 0 Å². The van der Waals surface area contributed by atoms with Crippen LogP contribution in [0.2, 0.25) is 0 Å². The fourth-order valence-electron chi connectivity index (χ4n) is 1.23. The molecule has 2 nitrogen and oxygen atoms in total. The van der Waals surface area contributed by atoms with E-state index in [2.05, 4.69) is 38.7 Å². The van der Waals surface area contributed by atoms with E-state index in [0.717, 1.165) is 10.6 Å². The molecule has 0 aliphatic heterocycles. The van der Waals surface area contributed by atoms with E-state index in [1.165, 1.54) is 5.56 Å². The summed E-state index contributed by atoms with van der Waals surface area (Å²) in [6.45, 7) is 10.6. The molecule has 2 N–H and O–H groups in total. The van der Waals surface area contributed by atoms with Crippen LogP contribution in [0, 0.1) is 6.92 Å². The van der Waals surface area contributed by atoms with Crippen LogP contribution in [0.25, 0.3) is 0 Å². The van der Waals surface area contributed by atoms with Crippen molar-refractivity contribution in [3.05, 3.63) is 23.4 Å². The van der Waals surface area contributed by atoms with Crippen molar-refractivity contribution in [2.75, 3.05) is 0 Å². The number of thioether (sulfide) groups is 1. The molecule has 1 atom stereocenters. The second kappa shape index (κ2) is 4.54. The van der Waals surface area contributed by atoms with Gasteiger partial charge in [-0.1, -0.05) is 26.8 Å². The topological polar surface area (TPSA) is 38.9 Å². The molecule has 0 amide bonds. The van der Waals surface area contributed by atoms with Gasteiger partial charge in [-0.05, 0) is 25.0 Å². The molecule has 3 heteroatoms. The minimum Gasteiger partial charge on any atom is -0.324 e. The fraction of sp³-hybridized carbons (Fsp3) is 0.583. The highest BCUT2D eigenvalue weighted by molar-refractivity contribution is 8.00. The summed E-state index contributed by atoms with van der Waals surface area (Å²) in [5.41, 5.74) is 8.13. The molecule has 1 aromatic heterocycles. The third-order valence-corrected chi connectivity index (χ3v) is 3.21. The number of hydrogen-bond donors (Lipinski definition) is 1. The number of nitrogens with zero attached hydrogens (tertiary/aromatic N) is 1. The van der Waals surface area contributed by atoms with Crippen LogP contribution < -0.4 is 5.73 Å². The summed E-state index contributed by atoms with van der Waals surface area (Å²) >= 11 is 1.80. The number of nitrogens with two attached hydrogens (primary N) is 1. The van der Waals surface area contributed by atoms with Gasteiger partial charge in [0.25, 0.3) is 0 Å². The predicted molar refractivity (Wildman–Crippen MR) is 67.2 cm³/mol. The van der Waals surface area contributed by atoms with Crippen molar-refractivity contribution >= 4 is 11.8 Å². The van der Waals surface area contributed by atoms with Crippen LogP contribution in [0.15, 0.2) is 17.3 Å². The van der Waals surface area contributed by atoms with E-state index in [1.54, 1.807) is 11.8 Å². The summed E-state index contributed by atoms with van der Waals surface area (Å²) in [5.74, 6) is 0. The van der Waals surface area contributed by atoms with E-state index in [1.807, 2.05) is 13.1 Å². The average molecular weight is 224 g/mol. The first-order valence-corrected chi connectivity index (χ1v) is 6.02. The second-order valence-corrected chi connectivity index (χ2v) is 6.71. The van der Waals surface area contributed by atoms with Crippen molar-refractivity contribution in [3.63, 3.8) is 0 Å². The van der Waals surface area contributed by atoms with Crippen LogP contribution in [0.4, 0.5) is 0 Å². The molecule has 0 fully saturated rings. The number of pyridine rings is 1. The Morgan fingerprint density at radius 1 is 1.40 bits per heavy atom. The molecule has 0 aliphatic carbocycles. The molecule has 0 aromatic carbocycles. The van der Waals surface area contributed by atoms with E-state index < -0.39 is 0 Å². The van der Waals surface area contributed by atoms with E-state index in [0.29, 0.717) is 0 Å². The minimum atomic E-state index is 0.0601. The summed E-state index contributed by atoms with van der Waals surface area (Å²) in [7, 11) is 0. The highest BCUT2D eigenvalue weighted by Crippen LogP contribution is 2.32. The largest absolute Gasteiger partial charge is 0.324 e. The molecule has 0 spiro atoms. The maximum Gasteiger partial charge on any atom is 0.0994 e. The molecule has 0 aliphatic rings. The zero-order valence-corrected chi connectivity index (χ0v) is 11.0. The first kappa shape index (κ1) is 12.5. The second-order valence-electron chi connectivity index (χ2n) is 4.89. The first-order valence-electron chi connectivity index (χ1n) is 5.21. The molecule has 1 aromatic rings. The molecule has 0 saturated carbocycles. The van der Waals surface area contributed by atoms with E-state index in [-0.39, 0.29) is 10.8 Å². The molecule has 0 bridgehead atoms. The Balaban J connectivity index is 2.94. The zero-order valence-electron chi connectivity index (χ0n) is 10.2. The zero-order chi connectivity index (χ0) is 11.6. The monoisotopic (exact) mass is 224 g/mol. The average Bonchev–Trinajstić information content (AvgIpc) is 2.05. The Morgan fingerprint density at radius 2 is 2.00 bits per heavy atom. The van der Waals surface area contributed by atoms with Gasteiger partial charge in [-0.3, -0.25) is 0 Å². The third-order valence-electron chi connectivity index (χ3n) is 1.98. The molecule has 15 heavy (non-hydrogen) atoms. The van der Waals surface area contributed by atoms with E-state index >= 15 is 0 Å². The van der Waals surface area contributed by atoms with Crippen LogP contribution in [0.3, 0.4) is 0 Å². The number of hydrogen-bond acceptors (Lipinski definition) is 3. The quantitative estimate of drug-likeness (QED) is 0.783. The fourth-order valence-corrected chi connectivity index (χ4v) is 2.14. The third kappa shape index (κ3) is 3.84. The van der Waals surface area contributed by atoms with Gasteiger partial charge in [0.05, 0.1) is 5.03 Å². The van der Waals surface area contributed by atoms with Gasteiger partial charge in [0.1, 0.15) is 0 Å². The summed E-state index contributed by atoms with van der Waals surface area (Å²) < 4.78 is 0.202. The summed E-state index contributed by atoms with van der Waals surface area (Å²) in [4.78, 5) is 4.47. The van der Waals surface area contributed by atoms with Crippen LogP contribution in [0.5, 0.6) is 0 Å². The minimum absolute atomic E-state index is 0.0601. The van der Waals surface area contributed by atoms with Crippen molar-refractivity contribution in [1.29, 1.82) is 0 Å². The lowest BCUT2D eigenvalue weighted by Gasteiger charge is -2.18. The highest BCUT2D eigenvalue weighted by atomic mass is 32.2. The van der Waals surface area contributed by atoms with Crippen LogP contribution in [0.1, 0.15) is 44.9 Å². The molecule has 0 saturated heterocycles. The molecule has 0 unspecified atom stereocenters. The van der Waals surface area contributed by atoms with Crippen molar-refractivity contribution in [2.45, 2.75) is 50.4 Å².